The van der Waals surface area contributed by atoms with Crippen LogP contribution < -0.4 is 0 Å². The Balaban J connectivity index is 2.00. The fourth-order valence-corrected chi connectivity index (χ4v) is 4.32. The van der Waals surface area contributed by atoms with Crippen LogP contribution in [0, 0.1) is 0 Å². The van der Waals surface area contributed by atoms with E-state index in [-0.39, 0.29) is 22.3 Å². The van der Waals surface area contributed by atoms with Crippen LogP contribution >= 0.6 is 11.3 Å². The van der Waals surface area contributed by atoms with Gasteiger partial charge in [0.15, 0.2) is 5.01 Å². The molecule has 2 N–H and O–H groups in total. The molecule has 0 fully saturated rings. The predicted octanol–water partition coefficient (Wildman–Crippen LogP) is 2.98. The van der Waals surface area contributed by atoms with Gasteiger partial charge in [0.2, 0.25) is 11.5 Å². The SMILES string of the molecule is CC1(C)CCC(C)(C)c2sc(C(=O)c3ccc(C(=O)[OH2+])nc3)nc21. The third-order valence-electron chi connectivity index (χ3n) is 4.71. The van der Waals surface area contributed by atoms with E-state index in [0.717, 1.165) is 18.5 Å². The molecule has 2 aromatic heterocycles. The molecule has 0 spiro atoms. The molecule has 0 saturated carbocycles. The second-order valence-corrected chi connectivity index (χ2v) is 8.55. The molecule has 0 atom stereocenters. The lowest BCUT2D eigenvalue weighted by molar-refractivity contribution is 0.0690. The Kier molecular flexibility index (Phi) is 3.83. The van der Waals surface area contributed by atoms with E-state index in [1.165, 1.54) is 34.5 Å². The van der Waals surface area contributed by atoms with Gasteiger partial charge in [0.05, 0.1) is 5.69 Å². The lowest BCUT2D eigenvalue weighted by atomic mass is 9.69. The zero-order valence-corrected chi connectivity index (χ0v) is 15.1. The number of ketones is 1. The lowest BCUT2D eigenvalue weighted by Crippen LogP contribution is -2.32. The largest absolute Gasteiger partial charge is 0.567 e. The maximum Gasteiger partial charge on any atom is 0.567 e. The van der Waals surface area contributed by atoms with E-state index in [9.17, 15) is 9.59 Å². The first kappa shape index (κ1) is 16.8. The maximum absolute atomic E-state index is 12.7. The van der Waals surface area contributed by atoms with Gasteiger partial charge >= 0.3 is 5.97 Å². The predicted molar refractivity (Wildman–Crippen MR) is 93.0 cm³/mol. The number of nitrogens with zero attached hydrogens (tertiary/aromatic N) is 2. The molecule has 2 aromatic rings. The van der Waals surface area contributed by atoms with Gasteiger partial charge in [-0.05, 0) is 25.0 Å². The van der Waals surface area contributed by atoms with Crippen molar-refractivity contribution in [3.05, 3.63) is 45.2 Å². The molecule has 6 heteroatoms. The minimum atomic E-state index is -0.859. The number of aromatic nitrogens is 2. The number of hydrogen-bond acceptors (Lipinski definition) is 5. The second-order valence-electron chi connectivity index (χ2n) is 7.55. The first-order valence-electron chi connectivity index (χ1n) is 7.90. The first-order valence-corrected chi connectivity index (χ1v) is 8.72. The van der Waals surface area contributed by atoms with Gasteiger partial charge in [0.25, 0.3) is 0 Å². The Morgan fingerprint density at radius 2 is 1.79 bits per heavy atom. The first-order chi connectivity index (χ1) is 11.1. The highest BCUT2D eigenvalue weighted by molar-refractivity contribution is 7.14. The van der Waals surface area contributed by atoms with E-state index in [0.29, 0.717) is 10.6 Å². The molecule has 0 saturated heterocycles. The van der Waals surface area contributed by atoms with Gasteiger partial charge in [-0.2, -0.15) is 0 Å². The molecule has 0 amide bonds. The summed E-state index contributed by atoms with van der Waals surface area (Å²) < 4.78 is 0. The minimum absolute atomic E-state index is 0.0281. The second kappa shape index (κ2) is 5.48. The van der Waals surface area contributed by atoms with Gasteiger partial charge in [0, 0.05) is 32.3 Å². The van der Waals surface area contributed by atoms with Crippen LogP contribution in [0.15, 0.2) is 18.3 Å². The van der Waals surface area contributed by atoms with Crippen LogP contribution in [0.4, 0.5) is 0 Å². The third kappa shape index (κ3) is 2.75. The summed E-state index contributed by atoms with van der Waals surface area (Å²) >= 11 is 1.47. The number of hydrogen-bond donors (Lipinski definition) is 0. The van der Waals surface area contributed by atoms with E-state index in [4.69, 9.17) is 5.11 Å². The zero-order chi connectivity index (χ0) is 17.7. The van der Waals surface area contributed by atoms with Crippen LogP contribution in [0.3, 0.4) is 0 Å². The summed E-state index contributed by atoms with van der Waals surface area (Å²) in [5.74, 6) is -1.04. The topological polar surface area (TPSA) is 82.8 Å². The summed E-state index contributed by atoms with van der Waals surface area (Å²) in [5.41, 5.74) is 1.45. The highest BCUT2D eigenvalue weighted by atomic mass is 32.1. The van der Waals surface area contributed by atoms with Crippen molar-refractivity contribution >= 4 is 23.1 Å². The zero-order valence-electron chi connectivity index (χ0n) is 14.3. The fourth-order valence-electron chi connectivity index (χ4n) is 2.98. The fraction of sp³-hybridized carbons (Fsp3) is 0.444. The Morgan fingerprint density at radius 1 is 1.12 bits per heavy atom. The monoisotopic (exact) mass is 345 g/mol. The van der Waals surface area contributed by atoms with Crippen LogP contribution in [0.5, 0.6) is 0 Å². The minimum Gasteiger partial charge on any atom is -0.560 e. The molecule has 24 heavy (non-hydrogen) atoms. The molecular formula is C18H21N2O3S+. The van der Waals surface area contributed by atoms with Crippen LogP contribution in [0.1, 0.15) is 77.0 Å². The number of carbonyl (C=O) groups excluding carboxylic acids is 2. The summed E-state index contributed by atoms with van der Waals surface area (Å²) in [7, 11) is 0. The number of carbonyl (C=O) groups is 2. The Labute approximate surface area is 144 Å². The van der Waals surface area contributed by atoms with E-state index < -0.39 is 5.97 Å². The van der Waals surface area contributed by atoms with E-state index in [1.807, 2.05) is 0 Å². The number of rotatable bonds is 3. The summed E-state index contributed by atoms with van der Waals surface area (Å²) in [6.07, 6.45) is 3.47. The molecular weight excluding hydrogens is 324 g/mol. The molecule has 0 radical (unpaired) electrons. The van der Waals surface area contributed by atoms with Crippen molar-refractivity contribution in [2.45, 2.75) is 51.4 Å². The third-order valence-corrected chi connectivity index (χ3v) is 6.13. The van der Waals surface area contributed by atoms with Gasteiger partial charge in [-0.3, -0.25) is 4.79 Å². The van der Waals surface area contributed by atoms with Crippen molar-refractivity contribution in [3.63, 3.8) is 0 Å². The Hall–Kier alpha value is -2.08. The molecule has 3 rings (SSSR count). The summed E-state index contributed by atoms with van der Waals surface area (Å²) in [6, 6.07) is 2.94. The van der Waals surface area contributed by atoms with E-state index in [2.05, 4.69) is 37.7 Å². The maximum atomic E-state index is 12.7. The van der Waals surface area contributed by atoms with Crippen LogP contribution in [-0.4, -0.2) is 26.8 Å². The highest BCUT2D eigenvalue weighted by Gasteiger charge is 2.41. The normalized spacial score (nSPS) is 18.0. The molecule has 5 nitrogen and oxygen atoms in total. The summed E-state index contributed by atoms with van der Waals surface area (Å²) in [5, 5.41) is 7.51. The highest BCUT2D eigenvalue weighted by Crippen LogP contribution is 2.48. The lowest BCUT2D eigenvalue weighted by Gasteiger charge is -2.37. The van der Waals surface area contributed by atoms with Crippen molar-refractivity contribution in [1.29, 1.82) is 0 Å². The average Bonchev–Trinajstić information content (AvgIpc) is 2.99. The van der Waals surface area contributed by atoms with Crippen molar-refractivity contribution < 1.29 is 14.7 Å². The smallest absolute Gasteiger partial charge is 0.560 e. The molecule has 1 aliphatic carbocycles. The molecule has 1 aliphatic rings. The number of fused-ring (bicyclic) bond motifs is 1. The van der Waals surface area contributed by atoms with Crippen molar-refractivity contribution in [2.75, 3.05) is 0 Å². The molecule has 2 heterocycles. The van der Waals surface area contributed by atoms with Gasteiger partial charge in [0.1, 0.15) is 0 Å². The molecule has 0 bridgehead atoms. The average molecular weight is 345 g/mol. The molecule has 0 aliphatic heterocycles. The van der Waals surface area contributed by atoms with E-state index in [1.54, 1.807) is 0 Å². The summed E-state index contributed by atoms with van der Waals surface area (Å²) in [4.78, 5) is 33.5. The van der Waals surface area contributed by atoms with Crippen LogP contribution in [0.25, 0.3) is 0 Å². The van der Waals surface area contributed by atoms with Gasteiger partial charge in [-0.15, -0.1) is 11.3 Å². The van der Waals surface area contributed by atoms with Gasteiger partial charge in [-0.25, -0.2) is 9.97 Å². The summed E-state index contributed by atoms with van der Waals surface area (Å²) in [6.45, 7) is 8.74. The van der Waals surface area contributed by atoms with Gasteiger partial charge in [-0.1, -0.05) is 27.7 Å². The van der Waals surface area contributed by atoms with Crippen LogP contribution in [-0.2, 0) is 10.8 Å². The Morgan fingerprint density at radius 3 is 2.33 bits per heavy atom. The molecule has 126 valence electrons. The quantitative estimate of drug-likeness (QED) is 0.632. The van der Waals surface area contributed by atoms with E-state index >= 15 is 0 Å². The standard InChI is InChI=1S/C18H20N2O3S/c1-17(2)7-8-18(3,4)14-13(17)20-15(24-14)12(21)10-5-6-11(16(22)23)19-9-10/h5-6,9H,7-8H2,1-4H3,(H,22,23)/p+1. The van der Waals surface area contributed by atoms with Crippen molar-refractivity contribution in [3.8, 4) is 0 Å². The number of pyridine rings is 1. The van der Waals surface area contributed by atoms with Crippen LogP contribution in [0.2, 0.25) is 0 Å². The van der Waals surface area contributed by atoms with Gasteiger partial charge < -0.3 is 5.11 Å². The van der Waals surface area contributed by atoms with Crippen molar-refractivity contribution in [1.82, 2.24) is 9.97 Å². The van der Waals surface area contributed by atoms with Crippen molar-refractivity contribution in [2.24, 2.45) is 0 Å². The molecule has 0 aromatic carbocycles. The molecule has 0 unspecified atom stereocenters. The number of thiazole rings is 1. The Bertz CT molecular complexity index is 786.